The number of carbonyl (C=O) groups is 1. The summed E-state index contributed by atoms with van der Waals surface area (Å²) in [5, 5.41) is 87.5. The molecule has 96 heavy (non-hydrogen) atoms. The number of hydrogen-bond acceptors (Lipinski definition) is 13. The predicted molar refractivity (Wildman–Crippen MR) is 396 cm³/mol. The van der Waals surface area contributed by atoms with Crippen molar-refractivity contribution >= 4 is 5.91 Å². The van der Waals surface area contributed by atoms with Gasteiger partial charge in [-0.15, -0.1) is 0 Å². The van der Waals surface area contributed by atoms with Crippen LogP contribution in [0.25, 0.3) is 0 Å². The van der Waals surface area contributed by atoms with Gasteiger partial charge in [-0.2, -0.15) is 0 Å². The minimum Gasteiger partial charge on any atom is -0.394 e. The molecule has 2 rings (SSSR count). The van der Waals surface area contributed by atoms with Gasteiger partial charge >= 0.3 is 0 Å². The van der Waals surface area contributed by atoms with E-state index in [2.05, 4.69) is 141 Å². The summed E-state index contributed by atoms with van der Waals surface area (Å²) in [6.45, 7) is 2.68. The molecular weight excluding hydrogens is 1210 g/mol. The Labute approximate surface area is 583 Å². The van der Waals surface area contributed by atoms with Gasteiger partial charge in [0.05, 0.1) is 32.0 Å². The summed E-state index contributed by atoms with van der Waals surface area (Å²) >= 11 is 0. The van der Waals surface area contributed by atoms with Crippen molar-refractivity contribution in [2.45, 2.75) is 357 Å². The zero-order valence-corrected chi connectivity index (χ0v) is 60.1. The molecule has 2 fully saturated rings. The van der Waals surface area contributed by atoms with Crippen LogP contribution in [0.3, 0.4) is 0 Å². The number of aliphatic hydroxyl groups is 8. The van der Waals surface area contributed by atoms with Crippen molar-refractivity contribution < 1.29 is 64.6 Å². The van der Waals surface area contributed by atoms with Crippen molar-refractivity contribution in [3.8, 4) is 0 Å². The Balaban J connectivity index is 1.62. The van der Waals surface area contributed by atoms with E-state index < -0.39 is 86.8 Å². The number of carbonyl (C=O) groups excluding carboxylic acids is 1. The smallest absolute Gasteiger partial charge is 0.220 e. The maximum absolute atomic E-state index is 13.4. The molecule has 12 unspecified atom stereocenters. The first kappa shape index (κ1) is 88.2. The molecule has 14 heteroatoms. The first-order chi connectivity index (χ1) is 47.1. The fraction of sp³-hybridized carbons (Fsp3) is 0.720. The van der Waals surface area contributed by atoms with Gasteiger partial charge in [-0.05, 0) is 103 Å². The summed E-state index contributed by atoms with van der Waals surface area (Å²) in [4.78, 5) is 13.4. The zero-order valence-electron chi connectivity index (χ0n) is 60.1. The van der Waals surface area contributed by atoms with Gasteiger partial charge in [0, 0.05) is 6.42 Å². The average Bonchev–Trinajstić information content (AvgIpc) is 0.807. The molecule has 0 aliphatic carbocycles. The van der Waals surface area contributed by atoms with Gasteiger partial charge in [-0.1, -0.05) is 308 Å². The topological polar surface area (TPSA) is 228 Å². The molecule has 2 aliphatic heterocycles. The molecule has 550 valence electrons. The van der Waals surface area contributed by atoms with Crippen molar-refractivity contribution in [2.75, 3.05) is 19.8 Å². The van der Waals surface area contributed by atoms with E-state index in [0.717, 1.165) is 96.3 Å². The molecule has 12 atom stereocenters. The summed E-state index contributed by atoms with van der Waals surface area (Å²) < 4.78 is 22.9. The van der Waals surface area contributed by atoms with Crippen LogP contribution in [0.5, 0.6) is 0 Å². The van der Waals surface area contributed by atoms with Crippen molar-refractivity contribution in [3.63, 3.8) is 0 Å². The number of unbranched alkanes of at least 4 members (excludes halogenated alkanes) is 29. The third kappa shape index (κ3) is 47.2. The van der Waals surface area contributed by atoms with Gasteiger partial charge in [-0.3, -0.25) is 4.79 Å². The minimum atomic E-state index is -1.80. The number of rotatable bonds is 62. The van der Waals surface area contributed by atoms with Gasteiger partial charge in [0.15, 0.2) is 12.6 Å². The summed E-state index contributed by atoms with van der Waals surface area (Å²) in [5.41, 5.74) is 0. The molecule has 0 aromatic carbocycles. The van der Waals surface area contributed by atoms with Gasteiger partial charge in [0.2, 0.25) is 5.91 Å². The number of nitrogens with one attached hydrogen (secondary N) is 1. The van der Waals surface area contributed by atoms with Crippen LogP contribution in [-0.4, -0.2) is 140 Å². The van der Waals surface area contributed by atoms with Crippen molar-refractivity contribution in [3.05, 3.63) is 134 Å². The van der Waals surface area contributed by atoms with Crippen LogP contribution in [0.2, 0.25) is 0 Å². The Bertz CT molecular complexity index is 2130. The molecule has 9 N–H and O–H groups in total. The van der Waals surface area contributed by atoms with Crippen LogP contribution in [0.1, 0.15) is 284 Å². The molecule has 2 saturated heterocycles. The second kappa shape index (κ2) is 64.5. The highest BCUT2D eigenvalue weighted by molar-refractivity contribution is 5.76. The molecule has 2 heterocycles. The van der Waals surface area contributed by atoms with Crippen LogP contribution in [0, 0.1) is 0 Å². The average molecular weight is 1350 g/mol. The Morgan fingerprint density at radius 1 is 0.385 bits per heavy atom. The second-order valence-electron chi connectivity index (χ2n) is 26.4. The molecule has 0 bridgehead atoms. The van der Waals surface area contributed by atoms with Crippen LogP contribution in [-0.2, 0) is 23.7 Å². The van der Waals surface area contributed by atoms with E-state index in [1.54, 1.807) is 6.08 Å². The summed E-state index contributed by atoms with van der Waals surface area (Å²) in [5.74, 6) is -0.253. The SMILES string of the molecule is CC/C=C\C/C=C\C/C=C\C/C=C\C/C=C\C/C=C\C/C=C\C/C=C\C/C=C\CCCCCCCCCCCCCCCC(=O)NC(COC1OC(CO)C(OC2OC(CO)C(O)C(O)C2O)C(O)C1O)C(O)/C=C/CC/C=C/CCCCCCCCCCCCCCCCC. The van der Waals surface area contributed by atoms with E-state index in [4.69, 9.17) is 18.9 Å². The lowest BCUT2D eigenvalue weighted by Crippen LogP contribution is -2.65. The fourth-order valence-corrected chi connectivity index (χ4v) is 11.8. The number of allylic oxidation sites excluding steroid dienone is 21. The highest BCUT2D eigenvalue weighted by Crippen LogP contribution is 2.30. The third-order valence-corrected chi connectivity index (χ3v) is 17.8. The summed E-state index contributed by atoms with van der Waals surface area (Å²) in [6, 6.07) is -0.941. The van der Waals surface area contributed by atoms with Crippen molar-refractivity contribution in [2.24, 2.45) is 0 Å². The minimum absolute atomic E-state index is 0.253. The van der Waals surface area contributed by atoms with Crippen LogP contribution >= 0.6 is 0 Å². The number of aliphatic hydroxyl groups excluding tert-OH is 8. The lowest BCUT2D eigenvalue weighted by molar-refractivity contribution is -0.359. The van der Waals surface area contributed by atoms with Crippen LogP contribution in [0.4, 0.5) is 0 Å². The van der Waals surface area contributed by atoms with Gasteiger partial charge in [0.1, 0.15) is 48.8 Å². The maximum atomic E-state index is 13.4. The molecule has 2 aliphatic rings. The lowest BCUT2D eigenvalue weighted by atomic mass is 9.97. The fourth-order valence-electron chi connectivity index (χ4n) is 11.8. The molecular formula is C82H139NO13. The van der Waals surface area contributed by atoms with Gasteiger partial charge in [0.25, 0.3) is 0 Å². The first-order valence-corrected chi connectivity index (χ1v) is 38.4. The highest BCUT2D eigenvalue weighted by atomic mass is 16.7. The molecule has 0 aromatic rings. The molecule has 0 spiro atoms. The van der Waals surface area contributed by atoms with E-state index in [0.29, 0.717) is 12.8 Å². The lowest BCUT2D eigenvalue weighted by Gasteiger charge is -2.46. The highest BCUT2D eigenvalue weighted by Gasteiger charge is 2.51. The monoisotopic (exact) mass is 1350 g/mol. The Kier molecular flexibility index (Phi) is 59.3. The van der Waals surface area contributed by atoms with Crippen LogP contribution < -0.4 is 5.32 Å². The van der Waals surface area contributed by atoms with Crippen molar-refractivity contribution in [1.82, 2.24) is 5.32 Å². The molecule has 0 radical (unpaired) electrons. The third-order valence-electron chi connectivity index (χ3n) is 17.8. The van der Waals surface area contributed by atoms with Gasteiger partial charge < -0.3 is 65.1 Å². The van der Waals surface area contributed by atoms with E-state index in [-0.39, 0.29) is 18.9 Å². The number of ether oxygens (including phenoxy) is 4. The number of hydrogen-bond donors (Lipinski definition) is 9. The van der Waals surface area contributed by atoms with Crippen LogP contribution in [0.15, 0.2) is 134 Å². The summed E-state index contributed by atoms with van der Waals surface area (Å²) in [6.07, 6.45) is 79.4. The Morgan fingerprint density at radius 2 is 0.729 bits per heavy atom. The molecule has 0 aromatic heterocycles. The summed E-state index contributed by atoms with van der Waals surface area (Å²) in [7, 11) is 0. The normalized spacial score (nSPS) is 23.0. The van der Waals surface area contributed by atoms with Crippen molar-refractivity contribution in [1.29, 1.82) is 0 Å². The Morgan fingerprint density at radius 3 is 1.15 bits per heavy atom. The number of amides is 1. The van der Waals surface area contributed by atoms with E-state index in [1.165, 1.54) is 154 Å². The Hall–Kier alpha value is -3.87. The standard InChI is InChI=1S/C82H139NO13/c1-3-5-7-9-11-13-15-17-19-21-23-25-26-27-28-29-30-31-32-33-34-35-36-37-38-39-40-41-42-43-44-46-48-50-52-54-56-58-60-62-64-66-74(87)83-70(71(86)65-63-61-59-57-55-53-51-49-47-45-24-22-20-18-16-14-12-10-8-6-4-2)69-93-81-79(92)77(90)80(73(68-85)95-81)96-82-78(91)76(89)75(88)72(67-84)94-82/h5,7,11,13,17,19,23,25,27-28,30-31,33-34,36-37,39-40,55,57,63,65,70-73,75-82,84-86,88-92H,3-4,6,8-10,12,14-16,18,20-22,24,26,29,32,35,38,41-54,56,58-62,64,66-69H2,1-2H3,(H,83,87)/b7-5-,13-11-,19-17-,25-23-,28-27-,31-30-,34-33-,37-36-,40-39-,57-55+,65-63+. The van der Waals surface area contributed by atoms with Gasteiger partial charge in [-0.25, -0.2) is 0 Å². The maximum Gasteiger partial charge on any atom is 0.220 e. The van der Waals surface area contributed by atoms with E-state index in [1.807, 2.05) is 6.08 Å². The largest absolute Gasteiger partial charge is 0.394 e. The van der Waals surface area contributed by atoms with E-state index >= 15 is 0 Å². The van der Waals surface area contributed by atoms with E-state index in [9.17, 15) is 45.6 Å². The first-order valence-electron chi connectivity index (χ1n) is 38.4. The molecule has 1 amide bonds. The quantitative estimate of drug-likeness (QED) is 0.0204. The predicted octanol–water partition coefficient (Wildman–Crippen LogP) is 17.0. The second-order valence-corrected chi connectivity index (χ2v) is 26.4. The molecule has 0 saturated carbocycles. The molecule has 14 nitrogen and oxygen atoms in total. The zero-order chi connectivity index (χ0) is 69.4.